The highest BCUT2D eigenvalue weighted by Crippen LogP contribution is 2.13. The summed E-state index contributed by atoms with van der Waals surface area (Å²) in [6.07, 6.45) is 37.8. The quantitative estimate of drug-likeness (QED) is 0.0298. The Bertz CT molecular complexity index is 937. The van der Waals surface area contributed by atoms with Gasteiger partial charge in [-0.25, -0.2) is 4.79 Å². The predicted molar refractivity (Wildman–Crippen MR) is 211 cm³/mol. The molecule has 0 aliphatic carbocycles. The average molecular weight is 721 g/mol. The third-order valence-electron chi connectivity index (χ3n) is 9.02. The van der Waals surface area contributed by atoms with E-state index in [0.717, 1.165) is 64.2 Å². The van der Waals surface area contributed by atoms with Gasteiger partial charge in [0.1, 0.15) is 6.61 Å². The molecular formula is C43H78NO7+. The topological polar surface area (TPSA) is 99.1 Å². The summed E-state index contributed by atoms with van der Waals surface area (Å²) in [7, 11) is 5.50. The zero-order valence-electron chi connectivity index (χ0n) is 33.6. The van der Waals surface area contributed by atoms with E-state index in [1.807, 2.05) is 21.1 Å². The molecule has 8 heteroatoms. The van der Waals surface area contributed by atoms with E-state index in [1.165, 1.54) is 70.6 Å². The van der Waals surface area contributed by atoms with Crippen molar-refractivity contribution < 1.29 is 38.2 Å². The van der Waals surface area contributed by atoms with Crippen molar-refractivity contribution in [1.82, 2.24) is 0 Å². The zero-order chi connectivity index (χ0) is 37.8. The van der Waals surface area contributed by atoms with Crippen molar-refractivity contribution in [2.24, 2.45) is 0 Å². The van der Waals surface area contributed by atoms with Gasteiger partial charge in [-0.05, 0) is 64.2 Å². The highest BCUT2D eigenvalue weighted by atomic mass is 16.6. The fourth-order valence-electron chi connectivity index (χ4n) is 5.83. The molecule has 0 radical (unpaired) electrons. The molecule has 0 saturated carbocycles. The Labute approximate surface area is 313 Å². The molecule has 0 amide bonds. The summed E-state index contributed by atoms with van der Waals surface area (Å²) in [5.41, 5.74) is 0. The number of hydrogen-bond donors (Lipinski definition) is 1. The molecule has 0 aromatic rings. The van der Waals surface area contributed by atoms with Gasteiger partial charge in [0, 0.05) is 19.3 Å². The first-order valence-electron chi connectivity index (χ1n) is 20.5. The number of likely N-dealkylation sites (N-methyl/N-ethyl adjacent to an activating group) is 1. The number of carbonyl (C=O) groups is 3. The number of carboxylic acid groups (broad SMARTS) is 1. The minimum atomic E-state index is -0.882. The number of quaternary nitrogens is 1. The molecule has 0 rings (SSSR count). The largest absolute Gasteiger partial charge is 0.477 e. The van der Waals surface area contributed by atoms with Gasteiger partial charge in [-0.2, -0.15) is 0 Å². The maximum atomic E-state index is 12.7. The van der Waals surface area contributed by atoms with Gasteiger partial charge in [-0.15, -0.1) is 0 Å². The van der Waals surface area contributed by atoms with E-state index in [0.29, 0.717) is 19.3 Å². The first-order valence-corrected chi connectivity index (χ1v) is 20.5. The summed E-state index contributed by atoms with van der Waals surface area (Å²) in [4.78, 5) is 36.8. The SMILES string of the molecule is CC/C=C/C/C=C/CCCCC(=O)OCC(COCCC(C(=O)O)[N+](C)(C)C)OC(=O)CCCCCCC/C=C/CCCCCCCCCCC. The molecule has 0 heterocycles. The first kappa shape index (κ1) is 48.5. The molecular weight excluding hydrogens is 642 g/mol. The molecule has 0 saturated heterocycles. The lowest BCUT2D eigenvalue weighted by molar-refractivity contribution is -0.887. The van der Waals surface area contributed by atoms with Gasteiger partial charge < -0.3 is 23.8 Å². The lowest BCUT2D eigenvalue weighted by Gasteiger charge is -2.31. The van der Waals surface area contributed by atoms with Crippen LogP contribution in [0.15, 0.2) is 36.5 Å². The van der Waals surface area contributed by atoms with Crippen LogP contribution in [0.25, 0.3) is 0 Å². The van der Waals surface area contributed by atoms with Crippen LogP contribution >= 0.6 is 0 Å². The fourth-order valence-corrected chi connectivity index (χ4v) is 5.83. The minimum absolute atomic E-state index is 0.0480. The van der Waals surface area contributed by atoms with E-state index in [9.17, 15) is 19.5 Å². The van der Waals surface area contributed by atoms with Gasteiger partial charge in [0.25, 0.3) is 0 Å². The van der Waals surface area contributed by atoms with E-state index in [-0.39, 0.29) is 36.2 Å². The fraction of sp³-hybridized carbons (Fsp3) is 0.791. The molecule has 0 aromatic carbocycles. The number of nitrogens with zero attached hydrogens (tertiary/aromatic N) is 1. The molecule has 1 N–H and O–H groups in total. The molecule has 0 fully saturated rings. The van der Waals surface area contributed by atoms with Gasteiger partial charge in [0.2, 0.25) is 0 Å². The molecule has 0 aliphatic heterocycles. The van der Waals surface area contributed by atoms with E-state index in [1.54, 1.807) is 0 Å². The highest BCUT2D eigenvalue weighted by molar-refractivity contribution is 5.72. The Hall–Kier alpha value is -2.45. The smallest absolute Gasteiger partial charge is 0.362 e. The normalized spacial score (nSPS) is 13.4. The van der Waals surface area contributed by atoms with Crippen LogP contribution in [0.2, 0.25) is 0 Å². The third-order valence-corrected chi connectivity index (χ3v) is 9.02. The van der Waals surface area contributed by atoms with Crippen LogP contribution in [0.5, 0.6) is 0 Å². The Morgan fingerprint density at radius 1 is 0.608 bits per heavy atom. The molecule has 51 heavy (non-hydrogen) atoms. The lowest BCUT2D eigenvalue weighted by Crippen LogP contribution is -2.50. The van der Waals surface area contributed by atoms with Crippen molar-refractivity contribution in [3.63, 3.8) is 0 Å². The number of esters is 2. The van der Waals surface area contributed by atoms with E-state index < -0.39 is 18.1 Å². The predicted octanol–water partition coefficient (Wildman–Crippen LogP) is 10.7. The summed E-state index contributed by atoms with van der Waals surface area (Å²) >= 11 is 0. The van der Waals surface area contributed by atoms with Crippen molar-refractivity contribution in [2.45, 2.75) is 180 Å². The Balaban J connectivity index is 4.35. The number of rotatable bonds is 36. The number of aliphatic carboxylic acids is 1. The maximum absolute atomic E-state index is 12.7. The van der Waals surface area contributed by atoms with E-state index in [2.05, 4.69) is 50.3 Å². The Kier molecular flexibility index (Phi) is 33.0. The van der Waals surface area contributed by atoms with Crippen molar-refractivity contribution in [3.8, 4) is 0 Å². The van der Waals surface area contributed by atoms with Crippen LogP contribution in [0.4, 0.5) is 0 Å². The summed E-state index contributed by atoms with van der Waals surface area (Å²) in [5.74, 6) is -1.53. The second-order valence-corrected chi connectivity index (χ2v) is 14.9. The summed E-state index contributed by atoms with van der Waals surface area (Å²) in [5, 5.41) is 9.58. The van der Waals surface area contributed by atoms with Crippen molar-refractivity contribution in [2.75, 3.05) is 41.0 Å². The molecule has 8 nitrogen and oxygen atoms in total. The van der Waals surface area contributed by atoms with Gasteiger partial charge in [0.15, 0.2) is 12.1 Å². The van der Waals surface area contributed by atoms with Crippen LogP contribution in [-0.2, 0) is 28.6 Å². The van der Waals surface area contributed by atoms with Crippen LogP contribution in [0.1, 0.15) is 168 Å². The standard InChI is InChI=1S/C43H77NO7/c1-6-8-10-12-14-16-17-18-19-20-21-22-23-24-26-28-30-32-34-42(46)51-39(37-49-36-35-40(43(47)48)44(3,4)5)38-50-41(45)33-31-29-27-25-15-13-11-9-7-2/h9,11,15,21-22,25,39-40H,6-8,10,12-14,16-20,23-24,26-38H2,1-5H3/p+1/b11-9+,22-21+,25-15+. The number of unbranched alkanes of at least 4 members (excludes halogenated alkanes) is 16. The van der Waals surface area contributed by atoms with Crippen LogP contribution < -0.4 is 0 Å². The van der Waals surface area contributed by atoms with Crippen LogP contribution in [-0.4, -0.2) is 80.6 Å². The Morgan fingerprint density at radius 3 is 1.67 bits per heavy atom. The first-order chi connectivity index (χ1) is 24.6. The summed E-state index contributed by atoms with van der Waals surface area (Å²) in [6, 6.07) is -0.618. The van der Waals surface area contributed by atoms with Crippen molar-refractivity contribution in [1.29, 1.82) is 0 Å². The molecule has 0 spiro atoms. The van der Waals surface area contributed by atoms with Crippen molar-refractivity contribution >= 4 is 17.9 Å². The monoisotopic (exact) mass is 721 g/mol. The molecule has 2 atom stereocenters. The molecule has 0 bridgehead atoms. The van der Waals surface area contributed by atoms with Crippen LogP contribution in [0.3, 0.4) is 0 Å². The van der Waals surface area contributed by atoms with Gasteiger partial charge in [-0.1, -0.05) is 121 Å². The van der Waals surface area contributed by atoms with Crippen molar-refractivity contribution in [3.05, 3.63) is 36.5 Å². The molecule has 2 unspecified atom stereocenters. The van der Waals surface area contributed by atoms with Gasteiger partial charge in [0.05, 0.1) is 34.4 Å². The summed E-state index contributed by atoms with van der Waals surface area (Å²) in [6.45, 7) is 4.56. The molecule has 0 aliphatic rings. The van der Waals surface area contributed by atoms with E-state index >= 15 is 0 Å². The summed E-state index contributed by atoms with van der Waals surface area (Å²) < 4.78 is 17.2. The lowest BCUT2D eigenvalue weighted by atomic mass is 10.1. The Morgan fingerprint density at radius 2 is 1.10 bits per heavy atom. The molecule has 0 aromatic heterocycles. The number of carboxylic acids is 1. The number of ether oxygens (including phenoxy) is 3. The number of allylic oxidation sites excluding steroid dienone is 6. The molecule has 296 valence electrons. The van der Waals surface area contributed by atoms with Gasteiger partial charge in [-0.3, -0.25) is 9.59 Å². The van der Waals surface area contributed by atoms with E-state index in [4.69, 9.17) is 14.2 Å². The zero-order valence-corrected chi connectivity index (χ0v) is 33.6. The highest BCUT2D eigenvalue weighted by Gasteiger charge is 2.31. The third kappa shape index (κ3) is 33.2. The second kappa shape index (κ2) is 34.6. The average Bonchev–Trinajstić information content (AvgIpc) is 3.08. The number of hydrogen-bond acceptors (Lipinski definition) is 6. The minimum Gasteiger partial charge on any atom is -0.477 e. The second-order valence-electron chi connectivity index (χ2n) is 14.9. The van der Waals surface area contributed by atoms with Gasteiger partial charge >= 0.3 is 17.9 Å². The van der Waals surface area contributed by atoms with Crippen LogP contribution in [0, 0.1) is 0 Å². The number of carbonyl (C=O) groups excluding carboxylic acids is 2. The maximum Gasteiger partial charge on any atom is 0.362 e.